The Morgan fingerprint density at radius 3 is 2.76 bits per heavy atom. The molecule has 0 amide bonds. The number of nitrogens with one attached hydrogen (secondary N) is 1. The van der Waals surface area contributed by atoms with Gasteiger partial charge in [-0.15, -0.1) is 16.8 Å². The van der Waals surface area contributed by atoms with Crippen LogP contribution in [-0.4, -0.2) is 36.5 Å². The molecular weight excluding hydrogens is 432 g/mol. The summed E-state index contributed by atoms with van der Waals surface area (Å²) in [6.45, 7) is 13.5. The number of aromatic nitrogens is 2. The highest BCUT2D eigenvalue weighted by atomic mass is 32.1. The second-order valence-electron chi connectivity index (χ2n) is 7.81. The number of nitriles is 1. The monoisotopic (exact) mass is 466 g/mol. The quantitative estimate of drug-likeness (QED) is 0.165. The summed E-state index contributed by atoms with van der Waals surface area (Å²) in [4.78, 5) is 0. The molecule has 0 aliphatic rings. The Balaban J connectivity index is 2.35. The molecule has 0 bridgehead atoms. The van der Waals surface area contributed by atoms with E-state index in [1.807, 2.05) is 52.1 Å². The molecule has 0 radical (unpaired) electrons. The van der Waals surface area contributed by atoms with Gasteiger partial charge in [0.1, 0.15) is 21.8 Å². The first-order chi connectivity index (χ1) is 15.9. The second kappa shape index (κ2) is 13.6. The first-order valence-corrected chi connectivity index (χ1v) is 12.1. The Kier molecular flexibility index (Phi) is 10.8. The Hall–Kier alpha value is -2.95. The van der Waals surface area contributed by atoms with E-state index in [-0.39, 0.29) is 6.10 Å². The van der Waals surface area contributed by atoms with Crippen LogP contribution in [0.1, 0.15) is 57.5 Å². The van der Waals surface area contributed by atoms with Gasteiger partial charge >= 0.3 is 0 Å². The average molecular weight is 467 g/mol. The lowest BCUT2D eigenvalue weighted by atomic mass is 10.0. The van der Waals surface area contributed by atoms with Crippen molar-refractivity contribution in [1.29, 1.82) is 5.26 Å². The summed E-state index contributed by atoms with van der Waals surface area (Å²) in [6.07, 6.45) is 6.46. The summed E-state index contributed by atoms with van der Waals surface area (Å²) < 4.78 is 11.6. The van der Waals surface area contributed by atoms with Crippen molar-refractivity contribution < 1.29 is 9.47 Å². The van der Waals surface area contributed by atoms with Gasteiger partial charge in [0.2, 0.25) is 0 Å². The summed E-state index contributed by atoms with van der Waals surface area (Å²) >= 11 is 1.51. The summed E-state index contributed by atoms with van der Waals surface area (Å²) in [5.41, 5.74) is 3.59. The van der Waals surface area contributed by atoms with Gasteiger partial charge in [-0.25, -0.2) is 0 Å². The molecule has 0 saturated carbocycles. The molecule has 7 heteroatoms. The summed E-state index contributed by atoms with van der Waals surface area (Å²) in [6, 6.07) is 7.77. The van der Waals surface area contributed by atoms with Crippen molar-refractivity contribution in [2.45, 2.75) is 53.1 Å². The minimum absolute atomic E-state index is 0.000974. The number of hydrogen-bond acceptors (Lipinski definition) is 7. The highest BCUT2D eigenvalue weighted by Crippen LogP contribution is 2.34. The normalized spacial score (nSPS) is 12.3. The molecule has 176 valence electrons. The fourth-order valence-electron chi connectivity index (χ4n) is 3.24. The smallest absolute Gasteiger partial charge is 0.148 e. The maximum Gasteiger partial charge on any atom is 0.148 e. The van der Waals surface area contributed by atoms with E-state index in [2.05, 4.69) is 41.2 Å². The number of rotatable bonds is 13. The molecule has 1 aromatic carbocycles. The van der Waals surface area contributed by atoms with E-state index in [0.717, 1.165) is 51.9 Å². The minimum Gasteiger partial charge on any atom is -0.498 e. The van der Waals surface area contributed by atoms with Crippen LogP contribution in [0.2, 0.25) is 0 Å². The molecule has 6 nitrogen and oxygen atoms in total. The summed E-state index contributed by atoms with van der Waals surface area (Å²) in [5.74, 6) is 1.46. The van der Waals surface area contributed by atoms with E-state index < -0.39 is 0 Å². The molecule has 0 aliphatic carbocycles. The van der Waals surface area contributed by atoms with Crippen molar-refractivity contribution in [2.24, 2.45) is 0 Å². The molecular formula is C26H34N4O2S. The van der Waals surface area contributed by atoms with Crippen molar-refractivity contribution in [1.82, 2.24) is 15.5 Å². The number of ether oxygens (including phenoxy) is 2. The van der Waals surface area contributed by atoms with Gasteiger partial charge in [-0.3, -0.25) is 0 Å². The molecule has 1 heterocycles. The second-order valence-corrected chi connectivity index (χ2v) is 8.79. The van der Waals surface area contributed by atoms with Gasteiger partial charge in [-0.2, -0.15) is 5.26 Å². The highest BCUT2D eigenvalue weighted by Gasteiger charge is 2.15. The van der Waals surface area contributed by atoms with Gasteiger partial charge < -0.3 is 14.8 Å². The number of hydrogen-bond donors (Lipinski definition) is 1. The summed E-state index contributed by atoms with van der Waals surface area (Å²) in [7, 11) is 1.94. The molecule has 1 aromatic heterocycles. The van der Waals surface area contributed by atoms with Crippen molar-refractivity contribution in [2.75, 3.05) is 20.2 Å². The van der Waals surface area contributed by atoms with E-state index >= 15 is 0 Å². The Morgan fingerprint density at radius 2 is 2.12 bits per heavy atom. The van der Waals surface area contributed by atoms with E-state index in [0.29, 0.717) is 24.3 Å². The molecule has 0 spiro atoms. The lowest BCUT2D eigenvalue weighted by Crippen LogP contribution is -2.10. The van der Waals surface area contributed by atoms with E-state index in [9.17, 15) is 5.26 Å². The van der Waals surface area contributed by atoms with Crippen LogP contribution in [0, 0.1) is 11.3 Å². The molecule has 2 aromatic rings. The van der Waals surface area contributed by atoms with Gasteiger partial charge in [0.25, 0.3) is 0 Å². The summed E-state index contributed by atoms with van der Waals surface area (Å²) in [5, 5.41) is 23.2. The molecule has 0 aliphatic heterocycles. The molecule has 0 saturated heterocycles. The van der Waals surface area contributed by atoms with E-state index in [1.165, 1.54) is 11.3 Å². The van der Waals surface area contributed by atoms with Crippen LogP contribution in [-0.2, 0) is 4.74 Å². The zero-order chi connectivity index (χ0) is 24.2. The number of nitrogens with zero attached hydrogens (tertiary/aromatic N) is 3. The van der Waals surface area contributed by atoms with E-state index in [1.54, 1.807) is 0 Å². The topological polar surface area (TPSA) is 80.1 Å². The zero-order valence-corrected chi connectivity index (χ0v) is 21.1. The van der Waals surface area contributed by atoms with Gasteiger partial charge in [-0.05, 0) is 89.0 Å². The third-order valence-corrected chi connectivity index (χ3v) is 5.82. The van der Waals surface area contributed by atoms with Crippen molar-refractivity contribution >= 4 is 16.9 Å². The molecule has 33 heavy (non-hydrogen) atoms. The molecule has 1 N–H and O–H groups in total. The van der Waals surface area contributed by atoms with Crippen LogP contribution < -0.4 is 10.1 Å². The number of benzene rings is 1. The lowest BCUT2D eigenvalue weighted by Gasteiger charge is -2.11. The van der Waals surface area contributed by atoms with Crippen molar-refractivity contribution in [3.05, 3.63) is 58.8 Å². The third-order valence-electron chi connectivity index (χ3n) is 4.79. The predicted octanol–water partition coefficient (Wildman–Crippen LogP) is 6.13. The zero-order valence-electron chi connectivity index (χ0n) is 20.3. The highest BCUT2D eigenvalue weighted by molar-refractivity contribution is 7.15. The molecule has 0 unspecified atom stereocenters. The third kappa shape index (κ3) is 7.85. The maximum absolute atomic E-state index is 9.54. The van der Waals surface area contributed by atoms with Crippen LogP contribution in [0.4, 0.5) is 0 Å². The predicted molar refractivity (Wildman–Crippen MR) is 136 cm³/mol. The standard InChI is InChI=1S/C26H34N4O2S/c1-7-10-23(20(8-2)15-19(5)31-14-9-13-28-6)26-30-29-25(33-26)21-11-12-24(32-18(3)4)22(16-21)17-27/h7,11-12,15-16,18,28H,1,8-10,13-14H2,2-6H3. The van der Waals surface area contributed by atoms with Crippen LogP contribution in [0.5, 0.6) is 5.75 Å². The van der Waals surface area contributed by atoms with Crippen molar-refractivity contribution in [3.8, 4) is 22.4 Å². The Labute approximate surface area is 201 Å². The Morgan fingerprint density at radius 1 is 1.33 bits per heavy atom. The van der Waals surface area contributed by atoms with Gasteiger partial charge in [0.05, 0.1) is 24.0 Å². The van der Waals surface area contributed by atoms with Crippen molar-refractivity contribution in [3.63, 3.8) is 0 Å². The fraction of sp³-hybridized carbons (Fsp3) is 0.423. The van der Waals surface area contributed by atoms with Gasteiger partial charge in [-0.1, -0.05) is 24.3 Å². The van der Waals surface area contributed by atoms with Crippen LogP contribution in [0.15, 0.2) is 48.3 Å². The lowest BCUT2D eigenvalue weighted by molar-refractivity contribution is 0.210. The molecule has 0 fully saturated rings. The first-order valence-electron chi connectivity index (χ1n) is 11.3. The first kappa shape index (κ1) is 26.3. The van der Waals surface area contributed by atoms with Crippen LogP contribution in [0.25, 0.3) is 16.1 Å². The Bertz CT molecular complexity index is 1030. The van der Waals surface area contributed by atoms with E-state index in [4.69, 9.17) is 9.47 Å². The SMILES string of the molecule is C=CCC(=C(C=C(C)OCCCNC)CC)c1nnc(-c2ccc(OC(C)C)c(C#N)c2)s1. The maximum atomic E-state index is 9.54. The van der Waals surface area contributed by atoms with Crippen LogP contribution in [0.3, 0.4) is 0 Å². The largest absolute Gasteiger partial charge is 0.498 e. The molecule has 0 atom stereocenters. The molecule has 2 rings (SSSR count). The average Bonchev–Trinajstić information content (AvgIpc) is 3.29. The fourth-order valence-corrected chi connectivity index (χ4v) is 4.17. The van der Waals surface area contributed by atoms with Gasteiger partial charge in [0, 0.05) is 5.56 Å². The van der Waals surface area contributed by atoms with Gasteiger partial charge in [0.15, 0.2) is 0 Å². The number of allylic oxidation sites excluding steroid dienone is 5. The van der Waals surface area contributed by atoms with Crippen LogP contribution >= 0.6 is 11.3 Å². The minimum atomic E-state index is -0.000974.